The highest BCUT2D eigenvalue weighted by molar-refractivity contribution is 6.04. The lowest BCUT2D eigenvalue weighted by molar-refractivity contribution is 0.409. The van der Waals surface area contributed by atoms with Crippen LogP contribution in [0.2, 0.25) is 0 Å². The number of nitrogens with zero attached hydrogens (tertiary/aromatic N) is 2. The molecule has 224 valence electrons. The molecule has 0 radical (unpaired) electrons. The van der Waals surface area contributed by atoms with E-state index in [2.05, 4.69) is 137 Å². The second-order valence-electron chi connectivity index (χ2n) is 11.3. The van der Waals surface area contributed by atoms with Crippen molar-refractivity contribution in [2.24, 2.45) is 15.7 Å². The summed E-state index contributed by atoms with van der Waals surface area (Å²) in [6, 6.07) is 51.2. The van der Waals surface area contributed by atoms with Crippen molar-refractivity contribution in [3.05, 3.63) is 174 Å². The monoisotopic (exact) mass is 597 g/mol. The van der Waals surface area contributed by atoms with Crippen LogP contribution >= 0.6 is 0 Å². The minimum atomic E-state index is -0.198. The molecule has 6 aromatic carbocycles. The Morgan fingerprint density at radius 3 is 1.80 bits per heavy atom. The van der Waals surface area contributed by atoms with Crippen LogP contribution in [0.25, 0.3) is 38.7 Å². The molecule has 2 unspecified atom stereocenters. The van der Waals surface area contributed by atoms with Gasteiger partial charge in [-0.05, 0) is 56.6 Å². The molecule has 5 nitrogen and oxygen atoms in total. The summed E-state index contributed by atoms with van der Waals surface area (Å²) >= 11 is 0. The number of aliphatic imine (C=N–C) groups is 2. The third-order valence-corrected chi connectivity index (χ3v) is 8.48. The fourth-order valence-corrected chi connectivity index (χ4v) is 6.16. The first-order valence-electron chi connectivity index (χ1n) is 15.6. The smallest absolute Gasteiger partial charge is 0.131 e. The fraction of sp³-hybridized carbons (Fsp3) is 0.0732. The Morgan fingerprint density at radius 1 is 0.630 bits per heavy atom. The van der Waals surface area contributed by atoms with E-state index in [1.165, 1.54) is 39.4 Å². The number of rotatable bonds is 7. The largest absolute Gasteiger partial charge is 0.390 e. The predicted octanol–water partition coefficient (Wildman–Crippen LogP) is 8.86. The Bertz CT molecular complexity index is 2050. The van der Waals surface area contributed by atoms with Crippen molar-refractivity contribution in [2.45, 2.75) is 19.3 Å². The zero-order valence-electron chi connectivity index (χ0n) is 25.6. The summed E-state index contributed by atoms with van der Waals surface area (Å²) in [5.41, 5.74) is 15.5. The van der Waals surface area contributed by atoms with E-state index in [0.717, 1.165) is 33.8 Å². The number of hydrogen-bond acceptors (Lipinski definition) is 4. The highest BCUT2D eigenvalue weighted by atomic mass is 15.3. The molecule has 4 N–H and O–H groups in total. The number of amidine groups is 1. The van der Waals surface area contributed by atoms with Crippen LogP contribution in [0.4, 0.5) is 0 Å². The first-order valence-corrected chi connectivity index (χ1v) is 15.6. The second kappa shape index (κ2) is 13.1. The summed E-state index contributed by atoms with van der Waals surface area (Å²) in [6.07, 6.45) is 3.03. The predicted molar refractivity (Wildman–Crippen MR) is 192 cm³/mol. The van der Waals surface area contributed by atoms with Crippen molar-refractivity contribution in [3.8, 4) is 22.3 Å². The summed E-state index contributed by atoms with van der Waals surface area (Å²) in [5, 5.41) is 9.74. The minimum absolute atomic E-state index is 0.0675. The lowest BCUT2D eigenvalue weighted by Crippen LogP contribution is -2.44. The van der Waals surface area contributed by atoms with E-state index in [4.69, 9.17) is 10.7 Å². The van der Waals surface area contributed by atoms with Crippen molar-refractivity contribution < 1.29 is 0 Å². The van der Waals surface area contributed by atoms with Gasteiger partial charge in [-0.1, -0.05) is 152 Å². The van der Waals surface area contributed by atoms with Crippen molar-refractivity contribution in [1.82, 2.24) is 10.6 Å². The number of nitrogens with one attached hydrogen (secondary N) is 2. The van der Waals surface area contributed by atoms with Crippen LogP contribution in [0.15, 0.2) is 162 Å². The van der Waals surface area contributed by atoms with E-state index in [1.54, 1.807) is 0 Å². The maximum absolute atomic E-state index is 5.54. The molecule has 2 atom stereocenters. The molecule has 0 aliphatic carbocycles. The van der Waals surface area contributed by atoms with Crippen LogP contribution in [0.1, 0.15) is 41.5 Å². The van der Waals surface area contributed by atoms with Crippen molar-refractivity contribution in [2.75, 3.05) is 0 Å². The molecule has 1 aliphatic heterocycles. The molecule has 0 amide bonds. The van der Waals surface area contributed by atoms with Gasteiger partial charge < -0.3 is 11.1 Å². The third kappa shape index (κ3) is 5.84. The molecule has 0 aromatic heterocycles. The average Bonchev–Trinajstić information content (AvgIpc) is 3.14. The highest BCUT2D eigenvalue weighted by Crippen LogP contribution is 2.36. The molecule has 0 saturated heterocycles. The van der Waals surface area contributed by atoms with E-state index < -0.39 is 0 Å². The van der Waals surface area contributed by atoms with Gasteiger partial charge in [0.05, 0.1) is 12.0 Å². The minimum Gasteiger partial charge on any atom is -0.390 e. The quantitative estimate of drug-likeness (QED) is 0.127. The zero-order valence-corrected chi connectivity index (χ0v) is 25.6. The number of benzene rings is 6. The summed E-state index contributed by atoms with van der Waals surface area (Å²) in [6.45, 7) is 1.97. The lowest BCUT2D eigenvalue weighted by Gasteiger charge is -2.32. The summed E-state index contributed by atoms with van der Waals surface area (Å²) < 4.78 is 0. The number of nitrogens with two attached hydrogens (primary N) is 1. The van der Waals surface area contributed by atoms with E-state index in [-0.39, 0.29) is 12.3 Å². The zero-order chi connectivity index (χ0) is 31.3. The molecule has 0 fully saturated rings. The molecular formula is C41H35N5. The summed E-state index contributed by atoms with van der Waals surface area (Å²) in [5.74, 6) is 0.881. The Kier molecular flexibility index (Phi) is 8.23. The molecule has 46 heavy (non-hydrogen) atoms. The molecule has 0 spiro atoms. The Balaban J connectivity index is 1.21. The van der Waals surface area contributed by atoms with Crippen LogP contribution in [0, 0.1) is 0 Å². The number of allylic oxidation sites excluding steroid dienone is 1. The van der Waals surface area contributed by atoms with E-state index in [0.29, 0.717) is 0 Å². The molecule has 6 aromatic rings. The van der Waals surface area contributed by atoms with Crippen molar-refractivity contribution >= 4 is 28.6 Å². The van der Waals surface area contributed by atoms with Gasteiger partial charge in [-0.2, -0.15) is 0 Å². The average molecular weight is 598 g/mol. The third-order valence-electron chi connectivity index (χ3n) is 8.48. The molecule has 1 heterocycles. The maximum Gasteiger partial charge on any atom is 0.131 e. The SMILES string of the molecule is C/C=C(\N=C/N)c1ccc(-c2cccc3c(-c4ccc(C5N=C(c6ccccc6)NC(c6ccccc6)N5)cc4)cccc23)cc1. The van der Waals surface area contributed by atoms with Gasteiger partial charge in [0.2, 0.25) is 0 Å². The Labute approximate surface area is 269 Å². The second-order valence-corrected chi connectivity index (χ2v) is 11.3. The highest BCUT2D eigenvalue weighted by Gasteiger charge is 2.25. The summed E-state index contributed by atoms with van der Waals surface area (Å²) in [4.78, 5) is 9.39. The van der Waals surface area contributed by atoms with Gasteiger partial charge in [-0.25, -0.2) is 9.98 Å². The van der Waals surface area contributed by atoms with Gasteiger partial charge in [0.1, 0.15) is 18.2 Å². The van der Waals surface area contributed by atoms with Gasteiger partial charge in [0.25, 0.3) is 0 Å². The van der Waals surface area contributed by atoms with Crippen LogP contribution in [0.3, 0.4) is 0 Å². The van der Waals surface area contributed by atoms with Gasteiger partial charge >= 0.3 is 0 Å². The van der Waals surface area contributed by atoms with Gasteiger partial charge in [0, 0.05) is 5.56 Å². The first kappa shape index (κ1) is 29.0. The van der Waals surface area contributed by atoms with Crippen molar-refractivity contribution in [3.63, 3.8) is 0 Å². The lowest BCUT2D eigenvalue weighted by atomic mass is 9.92. The van der Waals surface area contributed by atoms with Crippen LogP contribution in [-0.2, 0) is 0 Å². The molecule has 0 saturated carbocycles. The van der Waals surface area contributed by atoms with E-state index in [9.17, 15) is 0 Å². The van der Waals surface area contributed by atoms with Gasteiger partial charge in [-0.3, -0.25) is 5.32 Å². The molecular weight excluding hydrogens is 562 g/mol. The van der Waals surface area contributed by atoms with E-state index >= 15 is 0 Å². The maximum atomic E-state index is 5.54. The number of fused-ring (bicyclic) bond motifs is 1. The number of hydrogen-bond donors (Lipinski definition) is 3. The van der Waals surface area contributed by atoms with Crippen LogP contribution < -0.4 is 16.4 Å². The van der Waals surface area contributed by atoms with E-state index in [1.807, 2.05) is 37.3 Å². The Morgan fingerprint density at radius 2 is 1.22 bits per heavy atom. The molecule has 5 heteroatoms. The Hall–Kier alpha value is -5.78. The molecule has 1 aliphatic rings. The van der Waals surface area contributed by atoms with Crippen LogP contribution in [-0.4, -0.2) is 12.2 Å². The fourth-order valence-electron chi connectivity index (χ4n) is 6.16. The van der Waals surface area contributed by atoms with Gasteiger partial charge in [0.15, 0.2) is 0 Å². The van der Waals surface area contributed by atoms with Crippen LogP contribution in [0.5, 0.6) is 0 Å². The topological polar surface area (TPSA) is 74.8 Å². The normalized spacial score (nSPS) is 16.7. The molecule has 7 rings (SSSR count). The van der Waals surface area contributed by atoms with Crippen molar-refractivity contribution in [1.29, 1.82) is 0 Å². The molecule has 0 bridgehead atoms. The first-order chi connectivity index (χ1) is 22.7. The van der Waals surface area contributed by atoms with Gasteiger partial charge in [-0.15, -0.1) is 0 Å². The standard InChI is InChI=1S/C41H35N5/c1-2-38(43-27-42)30-23-19-28(20-24-30)34-15-9-18-37-35(16-10-17-36(34)37)29-21-25-33(26-22-29)41-45-39(31-11-5-3-6-12-31)44-40(46-41)32-13-7-4-8-14-32/h2-27,39,41,45H,1H3,(H2,42,43)(H,44,46)/b38-2-. The summed E-state index contributed by atoms with van der Waals surface area (Å²) in [7, 11) is 0.